The van der Waals surface area contributed by atoms with Gasteiger partial charge in [0.25, 0.3) is 16.8 Å². The highest BCUT2D eigenvalue weighted by atomic mass is 32.3. The number of hydrogen-bond acceptors (Lipinski definition) is 10. The van der Waals surface area contributed by atoms with Crippen molar-refractivity contribution in [3.8, 4) is 5.75 Å². The first-order valence-corrected chi connectivity index (χ1v) is 13.4. The lowest BCUT2D eigenvalue weighted by Gasteiger charge is -2.60. The molecule has 2 aliphatic rings. The average molecular weight is 564 g/mol. The summed E-state index contributed by atoms with van der Waals surface area (Å²) in [4.78, 5) is 58.8. The molecule has 13 nitrogen and oxygen atoms in total. The van der Waals surface area contributed by atoms with Gasteiger partial charge >= 0.3 is 11.3 Å². The van der Waals surface area contributed by atoms with Crippen LogP contribution in [-0.4, -0.2) is 58.8 Å². The molecule has 3 atom stereocenters. The lowest BCUT2D eigenvalue weighted by Crippen LogP contribution is -2.64. The molecule has 0 radical (unpaired) electrons. The molecule has 0 aliphatic carbocycles. The predicted molar refractivity (Wildman–Crippen MR) is 136 cm³/mol. The summed E-state index contributed by atoms with van der Waals surface area (Å²) in [6.07, 6.45) is 1.44. The number of aliphatic carboxylic acids is 1. The van der Waals surface area contributed by atoms with Crippen molar-refractivity contribution < 1.29 is 43.8 Å². The lowest BCUT2D eigenvalue weighted by atomic mass is 10.2. The van der Waals surface area contributed by atoms with Crippen molar-refractivity contribution in [3.05, 3.63) is 82.4 Å². The van der Waals surface area contributed by atoms with E-state index in [9.17, 15) is 39.5 Å². The van der Waals surface area contributed by atoms with Crippen LogP contribution in [0.3, 0.4) is 0 Å². The van der Waals surface area contributed by atoms with Crippen molar-refractivity contribution in [2.24, 2.45) is 0 Å². The number of para-hydroxylation sites is 1. The van der Waals surface area contributed by atoms with Crippen LogP contribution in [0.15, 0.2) is 66.7 Å². The molecule has 4 rings (SSSR count). The molecule has 2 amide bonds. The second-order valence-corrected chi connectivity index (χ2v) is 11.9. The van der Waals surface area contributed by atoms with E-state index >= 15 is 0 Å². The van der Waals surface area contributed by atoms with E-state index in [1.54, 1.807) is 30.3 Å². The van der Waals surface area contributed by atoms with Crippen molar-refractivity contribution in [3.63, 3.8) is 0 Å². The summed E-state index contributed by atoms with van der Waals surface area (Å²) >= 11 is 0.816. The number of benzene rings is 2. The highest BCUT2D eigenvalue weighted by Crippen LogP contribution is 2.68. The summed E-state index contributed by atoms with van der Waals surface area (Å²) in [5.41, 5.74) is 0.151. The fraction of sp³-hybridized carbons (Fsp3) is 0.217. The zero-order chi connectivity index (χ0) is 27.5. The average Bonchev–Trinajstić information content (AvgIpc) is 2.87. The number of nitro benzene ring substituents is 1. The Hall–Kier alpha value is -4.08. The Morgan fingerprint density at radius 3 is 2.45 bits per heavy atom. The first-order valence-electron chi connectivity index (χ1n) is 10.9. The number of amides is 2. The first kappa shape index (κ1) is 27.0. The third-order valence-electron chi connectivity index (χ3n) is 5.48. The maximum atomic E-state index is 13.7. The van der Waals surface area contributed by atoms with Crippen LogP contribution in [0.25, 0.3) is 0 Å². The molecule has 0 bridgehead atoms. The Labute approximate surface area is 221 Å². The molecule has 0 spiro atoms. The molecule has 3 N–H and O–H groups in total. The van der Waals surface area contributed by atoms with Crippen LogP contribution >= 0.6 is 22.2 Å². The van der Waals surface area contributed by atoms with E-state index < -0.39 is 67.7 Å². The number of aliphatic hydroxyl groups is 1. The quantitative estimate of drug-likeness (QED) is 0.185. The van der Waals surface area contributed by atoms with Gasteiger partial charge in [0, 0.05) is 12.1 Å². The maximum Gasteiger partial charge on any atom is 0.388 e. The Balaban J connectivity index is 1.65. The van der Waals surface area contributed by atoms with Gasteiger partial charge in [0.05, 0.1) is 21.7 Å². The van der Waals surface area contributed by atoms with Gasteiger partial charge in [-0.2, -0.15) is 0 Å². The van der Waals surface area contributed by atoms with Crippen LogP contribution < -0.4 is 9.46 Å². The molecule has 2 aromatic carbocycles. The number of carbonyl (C=O) groups excluding carboxylic acids is 3. The largest absolute Gasteiger partial charge is 0.484 e. The second kappa shape index (κ2) is 10.7. The summed E-state index contributed by atoms with van der Waals surface area (Å²) in [5.74, 6) is -2.06. The second-order valence-electron chi connectivity index (χ2n) is 8.04. The van der Waals surface area contributed by atoms with Crippen LogP contribution in [0, 0.1) is 10.1 Å². The Morgan fingerprint density at radius 2 is 1.84 bits per heavy atom. The smallest absolute Gasteiger partial charge is 0.388 e. The van der Waals surface area contributed by atoms with E-state index in [0.717, 1.165) is 22.1 Å². The minimum Gasteiger partial charge on any atom is -0.484 e. The molecular weight excluding hydrogens is 542 g/mol. The Kier molecular flexibility index (Phi) is 7.61. The molecular formula is C23H21N3O10S2. The molecule has 2 aromatic rings. The van der Waals surface area contributed by atoms with Gasteiger partial charge in [0.2, 0.25) is 0 Å². The van der Waals surface area contributed by atoms with Gasteiger partial charge < -0.3 is 19.7 Å². The van der Waals surface area contributed by atoms with Crippen molar-refractivity contribution in [2.45, 2.75) is 23.3 Å². The van der Waals surface area contributed by atoms with Crippen molar-refractivity contribution in [1.82, 2.24) is 9.03 Å². The number of carboxylic acids is 1. The van der Waals surface area contributed by atoms with E-state index in [2.05, 4.69) is 4.72 Å². The molecule has 0 saturated carbocycles. The van der Waals surface area contributed by atoms with Gasteiger partial charge in [0.15, 0.2) is 11.5 Å². The number of ether oxygens (including phenoxy) is 2. The first-order chi connectivity index (χ1) is 18.1. The number of rotatable bonds is 8. The van der Waals surface area contributed by atoms with Crippen molar-refractivity contribution >= 4 is 50.3 Å². The van der Waals surface area contributed by atoms with Crippen molar-refractivity contribution in [1.29, 1.82) is 0 Å². The number of nitrogens with zero attached hydrogens (tertiary/aromatic N) is 2. The minimum atomic E-state index is -3.90. The molecule has 1 fully saturated rings. The fourth-order valence-corrected chi connectivity index (χ4v) is 8.30. The van der Waals surface area contributed by atoms with Gasteiger partial charge in [-0.25, -0.2) is 4.79 Å². The third kappa shape index (κ3) is 5.16. The molecule has 38 heavy (non-hydrogen) atoms. The summed E-state index contributed by atoms with van der Waals surface area (Å²) in [6.45, 7) is -1.05. The third-order valence-corrected chi connectivity index (χ3v) is 10.2. The molecule has 15 heteroatoms. The van der Waals surface area contributed by atoms with E-state index in [1.807, 2.05) is 0 Å². The van der Waals surface area contributed by atoms with E-state index in [0.29, 0.717) is 11.3 Å². The summed E-state index contributed by atoms with van der Waals surface area (Å²) in [5, 5.41) is 29.3. The topological polar surface area (TPSA) is 186 Å². The molecule has 0 aromatic heterocycles. The Morgan fingerprint density at radius 1 is 1.16 bits per heavy atom. The molecule has 2 aliphatic heterocycles. The van der Waals surface area contributed by atoms with Crippen LogP contribution in [-0.2, 0) is 20.9 Å². The van der Waals surface area contributed by atoms with Crippen LogP contribution in [0.2, 0.25) is 0 Å². The lowest BCUT2D eigenvalue weighted by molar-refractivity contribution is -0.384. The number of nitro groups is 1. The highest BCUT2D eigenvalue weighted by molar-refractivity contribution is 8.45. The summed E-state index contributed by atoms with van der Waals surface area (Å²) < 4.78 is 14.2. The Bertz CT molecular complexity index is 1310. The zero-order valence-electron chi connectivity index (χ0n) is 19.4. The minimum absolute atomic E-state index is 0.188. The molecule has 1 unspecified atom stereocenters. The van der Waals surface area contributed by atoms with Crippen LogP contribution in [0.5, 0.6) is 5.75 Å². The standard InChI is InChI=1S/C23H21N3O10S2/c27-18(14-35-17-4-2-1-3-5-17)24-38(22(31)36-13-15-6-8-16(9-7-15)26(33)34)23(32,12-20(28)29)11-10-19-25(38)21(30)37-19/h1-11,19,32H,12-14H2,(H,24,27)(H,28,29)/t19-,23+/m1/s1. The van der Waals surface area contributed by atoms with Crippen LogP contribution in [0.4, 0.5) is 15.3 Å². The monoisotopic (exact) mass is 563 g/mol. The van der Waals surface area contributed by atoms with Gasteiger partial charge in [-0.15, -0.1) is 0 Å². The van der Waals surface area contributed by atoms with Crippen LogP contribution in [0.1, 0.15) is 12.0 Å². The normalized spacial score (nSPS) is 25.2. The van der Waals surface area contributed by atoms with E-state index in [-0.39, 0.29) is 5.69 Å². The van der Waals surface area contributed by atoms with E-state index in [1.165, 1.54) is 30.3 Å². The number of hydrogen-bond donors (Lipinski definition) is 3. The number of carboxylic acid groups (broad SMARTS) is 1. The molecule has 2 heterocycles. The van der Waals surface area contributed by atoms with Gasteiger partial charge in [-0.05, 0) is 47.7 Å². The molecule has 1 saturated heterocycles. The highest BCUT2D eigenvalue weighted by Gasteiger charge is 2.65. The van der Waals surface area contributed by atoms with E-state index in [4.69, 9.17) is 9.47 Å². The summed E-state index contributed by atoms with van der Waals surface area (Å²) in [7, 11) is -3.90. The van der Waals surface area contributed by atoms with Crippen molar-refractivity contribution in [2.75, 3.05) is 6.61 Å². The number of nitrogens with one attached hydrogen (secondary N) is 1. The summed E-state index contributed by atoms with van der Waals surface area (Å²) in [6, 6.07) is 13.3. The number of non-ortho nitro benzene ring substituents is 1. The zero-order valence-corrected chi connectivity index (χ0v) is 21.1. The molecule has 200 valence electrons. The van der Waals surface area contributed by atoms with Gasteiger partial charge in [-0.3, -0.25) is 33.5 Å². The van der Waals surface area contributed by atoms with Gasteiger partial charge in [0.1, 0.15) is 17.7 Å². The SMILES string of the molecule is O=C(O)C[C@]1(O)C=C[C@H]2SC(=O)N2S1(NC(=O)COc1ccccc1)C(=O)OCc1ccc([N+](=O)[O-])cc1. The number of thioether (sulfide) groups is 1. The van der Waals surface area contributed by atoms with Gasteiger partial charge in [-0.1, -0.05) is 24.3 Å². The predicted octanol–water partition coefficient (Wildman–Crippen LogP) is 3.29. The fourth-order valence-electron chi connectivity index (χ4n) is 3.73. The maximum absolute atomic E-state index is 13.7. The number of fused-ring (bicyclic) bond motifs is 1. The number of carbonyl (C=O) groups is 4.